The van der Waals surface area contributed by atoms with Crippen molar-refractivity contribution in [2.24, 2.45) is 0 Å². The largest absolute Gasteiger partial charge is 0.438 e. The normalized spacial score (nSPS) is 10.3. The summed E-state index contributed by atoms with van der Waals surface area (Å²) >= 11 is 0. The maximum atomic E-state index is 12.3. The van der Waals surface area contributed by atoms with Gasteiger partial charge in [-0.2, -0.15) is 5.26 Å². The molecule has 0 radical (unpaired) electrons. The van der Waals surface area contributed by atoms with Crippen molar-refractivity contribution in [3.8, 4) is 23.5 Å². The third-order valence-corrected chi connectivity index (χ3v) is 4.31. The minimum atomic E-state index is -0.260. The monoisotopic (exact) mass is 396 g/mol. The summed E-state index contributed by atoms with van der Waals surface area (Å²) < 4.78 is 7.53. The Morgan fingerprint density at radius 1 is 1.03 bits per heavy atom. The molecule has 0 fully saturated rings. The predicted molar refractivity (Wildman–Crippen MR) is 110 cm³/mol. The highest BCUT2D eigenvalue weighted by atomic mass is 16.5. The van der Waals surface area contributed by atoms with Gasteiger partial charge in [0.25, 0.3) is 5.91 Å². The molecule has 0 spiro atoms. The van der Waals surface area contributed by atoms with Crippen molar-refractivity contribution in [1.29, 1.82) is 5.26 Å². The zero-order valence-corrected chi connectivity index (χ0v) is 16.0. The van der Waals surface area contributed by atoms with Gasteiger partial charge in [0, 0.05) is 29.7 Å². The second-order valence-electron chi connectivity index (χ2n) is 6.34. The van der Waals surface area contributed by atoms with Crippen molar-refractivity contribution in [3.05, 3.63) is 90.0 Å². The van der Waals surface area contributed by atoms with Crippen LogP contribution in [0.25, 0.3) is 5.82 Å². The van der Waals surface area contributed by atoms with Gasteiger partial charge in [0.1, 0.15) is 11.6 Å². The van der Waals surface area contributed by atoms with Crippen molar-refractivity contribution >= 4 is 11.6 Å². The molecule has 0 aliphatic heterocycles. The summed E-state index contributed by atoms with van der Waals surface area (Å²) in [6.07, 6.45) is 3.51. The van der Waals surface area contributed by atoms with Gasteiger partial charge in [-0.05, 0) is 61.5 Å². The number of rotatable bonds is 5. The van der Waals surface area contributed by atoms with E-state index in [0.29, 0.717) is 34.3 Å². The predicted octanol–water partition coefficient (Wildman–Crippen LogP) is 3.89. The van der Waals surface area contributed by atoms with Crippen LogP contribution in [0, 0.1) is 18.3 Å². The van der Waals surface area contributed by atoms with Gasteiger partial charge in [-0.25, -0.2) is 4.98 Å². The van der Waals surface area contributed by atoms with E-state index in [9.17, 15) is 4.79 Å². The van der Waals surface area contributed by atoms with E-state index in [-0.39, 0.29) is 5.91 Å². The van der Waals surface area contributed by atoms with E-state index < -0.39 is 0 Å². The van der Waals surface area contributed by atoms with Gasteiger partial charge in [-0.3, -0.25) is 9.36 Å². The molecule has 2 heterocycles. The smallest absolute Gasteiger partial charge is 0.255 e. The summed E-state index contributed by atoms with van der Waals surface area (Å²) in [6, 6.07) is 18.9. The van der Waals surface area contributed by atoms with Crippen LogP contribution in [0.5, 0.6) is 11.6 Å². The minimum absolute atomic E-state index is 0.260. The molecule has 8 nitrogen and oxygen atoms in total. The number of ether oxygens (including phenoxy) is 1. The van der Waals surface area contributed by atoms with E-state index >= 15 is 0 Å². The Kier molecular flexibility index (Phi) is 5.17. The molecule has 146 valence electrons. The SMILES string of the molecule is Cc1nccn1-c1ccc(Oc2ccc(NC(=O)c3ccc(C#N)cc3)cc2)nn1. The Balaban J connectivity index is 1.39. The topological polar surface area (TPSA) is 106 Å². The molecule has 1 N–H and O–H groups in total. The lowest BCUT2D eigenvalue weighted by Gasteiger charge is -2.08. The van der Waals surface area contributed by atoms with Gasteiger partial charge in [0.05, 0.1) is 11.6 Å². The van der Waals surface area contributed by atoms with Crippen LogP contribution in [-0.2, 0) is 0 Å². The fourth-order valence-electron chi connectivity index (χ4n) is 2.74. The van der Waals surface area contributed by atoms with Gasteiger partial charge in [0.15, 0.2) is 5.82 Å². The highest BCUT2D eigenvalue weighted by Gasteiger charge is 2.08. The fraction of sp³-hybridized carbons (Fsp3) is 0.0455. The summed E-state index contributed by atoms with van der Waals surface area (Å²) in [5.41, 5.74) is 1.59. The van der Waals surface area contributed by atoms with Crippen LogP contribution in [0.2, 0.25) is 0 Å². The maximum Gasteiger partial charge on any atom is 0.255 e. The van der Waals surface area contributed by atoms with Gasteiger partial charge >= 0.3 is 0 Å². The van der Waals surface area contributed by atoms with Crippen LogP contribution >= 0.6 is 0 Å². The molecule has 2 aromatic carbocycles. The summed E-state index contributed by atoms with van der Waals surface area (Å²) in [6.45, 7) is 1.88. The first-order valence-electron chi connectivity index (χ1n) is 9.06. The van der Waals surface area contributed by atoms with Crippen LogP contribution in [-0.4, -0.2) is 25.7 Å². The third-order valence-electron chi connectivity index (χ3n) is 4.31. The zero-order chi connectivity index (χ0) is 20.9. The fourth-order valence-corrected chi connectivity index (χ4v) is 2.74. The third kappa shape index (κ3) is 4.15. The van der Waals surface area contributed by atoms with Gasteiger partial charge in [-0.15, -0.1) is 10.2 Å². The molecule has 0 aliphatic rings. The second-order valence-corrected chi connectivity index (χ2v) is 6.34. The number of amides is 1. The lowest BCUT2D eigenvalue weighted by Crippen LogP contribution is -2.11. The summed E-state index contributed by atoms with van der Waals surface area (Å²) in [5, 5.41) is 19.9. The average Bonchev–Trinajstić information content (AvgIpc) is 3.21. The first kappa shape index (κ1) is 18.8. The van der Waals surface area contributed by atoms with Crippen LogP contribution in [0.15, 0.2) is 73.1 Å². The van der Waals surface area contributed by atoms with E-state index in [2.05, 4.69) is 20.5 Å². The highest BCUT2D eigenvalue weighted by molar-refractivity contribution is 6.04. The molecule has 4 aromatic rings. The lowest BCUT2D eigenvalue weighted by molar-refractivity contribution is 0.102. The molecular formula is C22H16N6O2. The number of nitrogens with zero attached hydrogens (tertiary/aromatic N) is 5. The Morgan fingerprint density at radius 3 is 2.40 bits per heavy atom. The molecule has 1 amide bonds. The van der Waals surface area contributed by atoms with Gasteiger partial charge in [0.2, 0.25) is 5.88 Å². The molecule has 0 bridgehead atoms. The number of aromatic nitrogens is 4. The van der Waals surface area contributed by atoms with Crippen molar-refractivity contribution in [1.82, 2.24) is 19.7 Å². The molecule has 8 heteroatoms. The molecule has 2 aromatic heterocycles. The Labute approximate surface area is 172 Å². The standard InChI is InChI=1S/C22H16N6O2/c1-15-24-12-13-28(15)20-10-11-21(27-26-20)30-19-8-6-18(7-9-19)25-22(29)17-4-2-16(14-23)3-5-17/h2-13H,1H3,(H,25,29). The number of hydrogen-bond acceptors (Lipinski definition) is 6. The second kappa shape index (κ2) is 8.24. The minimum Gasteiger partial charge on any atom is -0.438 e. The molecule has 0 aliphatic carbocycles. The molecule has 0 saturated carbocycles. The van der Waals surface area contributed by atoms with E-state index in [1.807, 2.05) is 23.8 Å². The Hall–Kier alpha value is -4.51. The molecule has 0 unspecified atom stereocenters. The molecule has 4 rings (SSSR count). The molecule has 30 heavy (non-hydrogen) atoms. The van der Waals surface area contributed by atoms with Crippen molar-refractivity contribution in [2.45, 2.75) is 6.92 Å². The summed E-state index contributed by atoms with van der Waals surface area (Å²) in [4.78, 5) is 16.5. The summed E-state index contributed by atoms with van der Waals surface area (Å²) in [5.74, 6) is 2.12. The van der Waals surface area contributed by atoms with Crippen LogP contribution in [0.4, 0.5) is 5.69 Å². The lowest BCUT2D eigenvalue weighted by atomic mass is 10.1. The Bertz CT molecular complexity index is 1210. The van der Waals surface area contributed by atoms with Crippen LogP contribution in [0.1, 0.15) is 21.7 Å². The first-order valence-corrected chi connectivity index (χ1v) is 9.06. The number of aryl methyl sites for hydroxylation is 1. The van der Waals surface area contributed by atoms with Crippen molar-refractivity contribution in [3.63, 3.8) is 0 Å². The number of anilines is 1. The average molecular weight is 396 g/mol. The number of carbonyl (C=O) groups excluding carboxylic acids is 1. The molecule has 0 atom stereocenters. The summed E-state index contributed by atoms with van der Waals surface area (Å²) in [7, 11) is 0. The van der Waals surface area contributed by atoms with Crippen LogP contribution in [0.3, 0.4) is 0 Å². The number of hydrogen-bond donors (Lipinski definition) is 1. The van der Waals surface area contributed by atoms with Gasteiger partial charge < -0.3 is 10.1 Å². The van der Waals surface area contributed by atoms with Crippen molar-refractivity contribution in [2.75, 3.05) is 5.32 Å². The first-order chi connectivity index (χ1) is 14.6. The van der Waals surface area contributed by atoms with Crippen LogP contribution < -0.4 is 10.1 Å². The van der Waals surface area contributed by atoms with E-state index in [4.69, 9.17) is 10.00 Å². The van der Waals surface area contributed by atoms with E-state index in [1.54, 1.807) is 66.9 Å². The Morgan fingerprint density at radius 2 is 1.80 bits per heavy atom. The number of nitrogens with one attached hydrogen (secondary N) is 1. The van der Waals surface area contributed by atoms with E-state index in [1.165, 1.54) is 0 Å². The highest BCUT2D eigenvalue weighted by Crippen LogP contribution is 2.22. The maximum absolute atomic E-state index is 12.3. The number of carbonyl (C=O) groups is 1. The quantitative estimate of drug-likeness (QED) is 0.549. The zero-order valence-electron chi connectivity index (χ0n) is 16.0. The number of nitriles is 1. The molecular weight excluding hydrogens is 380 g/mol. The molecule has 0 saturated heterocycles. The number of imidazole rings is 1. The number of benzene rings is 2. The van der Waals surface area contributed by atoms with E-state index in [0.717, 1.165) is 5.82 Å². The van der Waals surface area contributed by atoms with Gasteiger partial charge in [-0.1, -0.05) is 0 Å². The van der Waals surface area contributed by atoms with Crippen molar-refractivity contribution < 1.29 is 9.53 Å².